The molecule has 0 aliphatic heterocycles. The number of unbranched alkanes of at least 4 members (excludes halogenated alkanes) is 4. The molecule has 0 rings (SSSR count). The smallest absolute Gasteiger partial charge is 0.406 e. The molecule has 2 atom stereocenters. The lowest BCUT2D eigenvalue weighted by molar-refractivity contribution is -0.131. The Kier molecular flexibility index (Phi) is 12.7. The number of hydrogen-bond donors (Lipinski definition) is 4. The van der Waals surface area contributed by atoms with Gasteiger partial charge in [0.25, 0.3) is 0 Å². The summed E-state index contributed by atoms with van der Waals surface area (Å²) in [7, 11) is 1.42. The third kappa shape index (κ3) is 12.1. The number of amides is 4. The van der Waals surface area contributed by atoms with Crippen molar-refractivity contribution in [1.29, 1.82) is 0 Å². The number of nitrogens with one attached hydrogen (secondary N) is 3. The van der Waals surface area contributed by atoms with Gasteiger partial charge in [-0.05, 0) is 13.3 Å². The van der Waals surface area contributed by atoms with Gasteiger partial charge in [0.1, 0.15) is 12.6 Å². The van der Waals surface area contributed by atoms with Crippen molar-refractivity contribution in [3.05, 3.63) is 0 Å². The predicted molar refractivity (Wildman–Crippen MR) is 97.1 cm³/mol. The van der Waals surface area contributed by atoms with E-state index >= 15 is 0 Å². The van der Waals surface area contributed by atoms with Crippen LogP contribution >= 0.6 is 0 Å². The summed E-state index contributed by atoms with van der Waals surface area (Å²) in [6, 6.07) is -1.53. The van der Waals surface area contributed by atoms with E-state index in [1.165, 1.54) is 7.05 Å². The standard InChI is InChI=1S/C17H32N4O5/c1-4-5-6-7-8-9-15(23)21-13(10-14(18)22)16(24)20-12(2)11-26-17(25)19-3/h12-13H,4-11H2,1-3H3,(H2,18,22)(H,19,25)(H,20,24)(H,21,23). The van der Waals surface area contributed by atoms with Crippen molar-refractivity contribution in [3.8, 4) is 0 Å². The zero-order valence-corrected chi connectivity index (χ0v) is 15.9. The number of carbonyl (C=O) groups is 4. The van der Waals surface area contributed by atoms with Crippen molar-refractivity contribution in [1.82, 2.24) is 16.0 Å². The maximum Gasteiger partial charge on any atom is 0.406 e. The monoisotopic (exact) mass is 372 g/mol. The quantitative estimate of drug-likeness (QED) is 0.350. The number of hydrogen-bond acceptors (Lipinski definition) is 5. The summed E-state index contributed by atoms with van der Waals surface area (Å²) in [4.78, 5) is 46.5. The highest BCUT2D eigenvalue weighted by Gasteiger charge is 2.24. The summed E-state index contributed by atoms with van der Waals surface area (Å²) in [6.07, 6.45) is 4.38. The van der Waals surface area contributed by atoms with Gasteiger partial charge in [0.2, 0.25) is 17.7 Å². The molecule has 0 aromatic rings. The van der Waals surface area contributed by atoms with E-state index in [1.54, 1.807) is 6.92 Å². The second-order valence-electron chi connectivity index (χ2n) is 6.21. The lowest BCUT2D eigenvalue weighted by Crippen LogP contribution is -2.51. The first-order chi connectivity index (χ1) is 12.3. The topological polar surface area (TPSA) is 140 Å². The first kappa shape index (κ1) is 23.7. The molecule has 0 saturated carbocycles. The summed E-state index contributed by atoms with van der Waals surface area (Å²) < 4.78 is 4.84. The average Bonchev–Trinajstić information content (AvgIpc) is 2.58. The van der Waals surface area contributed by atoms with Gasteiger partial charge in [-0.3, -0.25) is 14.4 Å². The van der Waals surface area contributed by atoms with Crippen LogP contribution in [0.25, 0.3) is 0 Å². The van der Waals surface area contributed by atoms with Crippen LogP contribution in [0.3, 0.4) is 0 Å². The van der Waals surface area contributed by atoms with Crippen LogP contribution in [0, 0.1) is 0 Å². The fourth-order valence-corrected chi connectivity index (χ4v) is 2.22. The Balaban J connectivity index is 4.43. The lowest BCUT2D eigenvalue weighted by atomic mass is 10.1. The van der Waals surface area contributed by atoms with Gasteiger partial charge in [0.05, 0.1) is 12.5 Å². The van der Waals surface area contributed by atoms with E-state index in [1.807, 2.05) is 0 Å². The fraction of sp³-hybridized carbons (Fsp3) is 0.765. The molecule has 9 heteroatoms. The van der Waals surface area contributed by atoms with Gasteiger partial charge in [-0.25, -0.2) is 4.79 Å². The molecular formula is C17H32N4O5. The first-order valence-corrected chi connectivity index (χ1v) is 9.02. The molecule has 0 radical (unpaired) electrons. The summed E-state index contributed by atoms with van der Waals surface area (Å²) in [5.41, 5.74) is 5.16. The summed E-state index contributed by atoms with van der Waals surface area (Å²) in [5.74, 6) is -1.53. The van der Waals surface area contributed by atoms with E-state index in [0.717, 1.165) is 32.1 Å². The highest BCUT2D eigenvalue weighted by Crippen LogP contribution is 2.05. The molecule has 150 valence electrons. The van der Waals surface area contributed by atoms with Crippen molar-refractivity contribution >= 4 is 23.8 Å². The van der Waals surface area contributed by atoms with Gasteiger partial charge in [-0.2, -0.15) is 0 Å². The van der Waals surface area contributed by atoms with Crippen molar-refractivity contribution in [2.75, 3.05) is 13.7 Å². The number of carbonyl (C=O) groups excluding carboxylic acids is 4. The van der Waals surface area contributed by atoms with Crippen molar-refractivity contribution < 1.29 is 23.9 Å². The van der Waals surface area contributed by atoms with Gasteiger partial charge in [0, 0.05) is 13.5 Å². The molecule has 0 saturated heterocycles. The van der Waals surface area contributed by atoms with Gasteiger partial charge >= 0.3 is 6.09 Å². The second-order valence-corrected chi connectivity index (χ2v) is 6.21. The van der Waals surface area contributed by atoms with Crippen molar-refractivity contribution in [2.45, 2.75) is 70.9 Å². The number of nitrogens with two attached hydrogens (primary N) is 1. The first-order valence-electron chi connectivity index (χ1n) is 9.02. The molecule has 0 spiro atoms. The Morgan fingerprint density at radius 1 is 1.04 bits per heavy atom. The molecule has 5 N–H and O–H groups in total. The summed E-state index contributed by atoms with van der Waals surface area (Å²) in [5, 5.41) is 7.42. The molecule has 0 heterocycles. The highest BCUT2D eigenvalue weighted by molar-refractivity contribution is 5.91. The Morgan fingerprint density at radius 3 is 2.27 bits per heavy atom. The third-order valence-electron chi connectivity index (χ3n) is 3.62. The van der Waals surface area contributed by atoms with E-state index < -0.39 is 30.0 Å². The van der Waals surface area contributed by atoms with Crippen molar-refractivity contribution in [2.24, 2.45) is 5.73 Å². The van der Waals surface area contributed by atoms with Gasteiger partial charge < -0.3 is 26.4 Å². The van der Waals surface area contributed by atoms with Crippen LogP contribution in [-0.2, 0) is 19.1 Å². The summed E-state index contributed by atoms with van der Waals surface area (Å²) >= 11 is 0. The zero-order chi connectivity index (χ0) is 19.9. The minimum atomic E-state index is -1.04. The van der Waals surface area contributed by atoms with E-state index in [-0.39, 0.29) is 18.9 Å². The SMILES string of the molecule is CCCCCCCC(=O)NC(CC(N)=O)C(=O)NC(C)COC(=O)NC. The van der Waals surface area contributed by atoms with Crippen LogP contribution in [0.15, 0.2) is 0 Å². The predicted octanol–water partition coefficient (Wildman–Crippen LogP) is 0.568. The van der Waals surface area contributed by atoms with E-state index in [4.69, 9.17) is 10.5 Å². The molecule has 0 fully saturated rings. The Bertz CT molecular complexity index is 470. The van der Waals surface area contributed by atoms with Gasteiger partial charge in [-0.15, -0.1) is 0 Å². The second kappa shape index (κ2) is 13.9. The van der Waals surface area contributed by atoms with Crippen LogP contribution in [0.4, 0.5) is 4.79 Å². The maximum absolute atomic E-state index is 12.3. The van der Waals surface area contributed by atoms with Gasteiger partial charge in [-0.1, -0.05) is 32.6 Å². The third-order valence-corrected chi connectivity index (χ3v) is 3.62. The number of rotatable bonds is 13. The Hall–Kier alpha value is -2.32. The highest BCUT2D eigenvalue weighted by atomic mass is 16.5. The van der Waals surface area contributed by atoms with Crippen LogP contribution in [0.2, 0.25) is 0 Å². The van der Waals surface area contributed by atoms with Gasteiger partial charge in [0.15, 0.2) is 0 Å². The average molecular weight is 372 g/mol. The molecule has 0 aliphatic rings. The van der Waals surface area contributed by atoms with Crippen LogP contribution in [0.1, 0.15) is 58.8 Å². The number of ether oxygens (including phenoxy) is 1. The van der Waals surface area contributed by atoms with E-state index in [2.05, 4.69) is 22.9 Å². The summed E-state index contributed by atoms with van der Waals surface area (Å²) in [6.45, 7) is 3.71. The molecular weight excluding hydrogens is 340 g/mol. The Labute approximate surface area is 154 Å². The fourth-order valence-electron chi connectivity index (χ4n) is 2.22. The largest absolute Gasteiger partial charge is 0.447 e. The molecule has 4 amide bonds. The van der Waals surface area contributed by atoms with E-state index in [9.17, 15) is 19.2 Å². The molecule has 2 unspecified atom stereocenters. The molecule has 9 nitrogen and oxygen atoms in total. The Morgan fingerprint density at radius 2 is 1.69 bits per heavy atom. The molecule has 0 aromatic carbocycles. The van der Waals surface area contributed by atoms with Crippen molar-refractivity contribution in [3.63, 3.8) is 0 Å². The van der Waals surface area contributed by atoms with Crippen LogP contribution < -0.4 is 21.7 Å². The maximum atomic E-state index is 12.3. The molecule has 0 aliphatic carbocycles. The van der Waals surface area contributed by atoms with Crippen LogP contribution in [0.5, 0.6) is 0 Å². The molecule has 0 aromatic heterocycles. The normalized spacial score (nSPS) is 12.6. The molecule has 26 heavy (non-hydrogen) atoms. The lowest BCUT2D eigenvalue weighted by Gasteiger charge is -2.20. The van der Waals surface area contributed by atoms with Crippen LogP contribution in [-0.4, -0.2) is 49.6 Å². The number of primary amides is 1. The number of alkyl carbamates (subject to hydrolysis) is 1. The molecule has 0 bridgehead atoms. The zero-order valence-electron chi connectivity index (χ0n) is 15.9. The minimum absolute atomic E-state index is 0.0416. The minimum Gasteiger partial charge on any atom is -0.447 e. The van der Waals surface area contributed by atoms with E-state index in [0.29, 0.717) is 6.42 Å².